The first kappa shape index (κ1) is 20.3. The van der Waals surface area contributed by atoms with E-state index in [-0.39, 0.29) is 11.7 Å². The van der Waals surface area contributed by atoms with Gasteiger partial charge in [0.2, 0.25) is 0 Å². The van der Waals surface area contributed by atoms with Gasteiger partial charge in [0.1, 0.15) is 24.0 Å². The Morgan fingerprint density at radius 1 is 0.806 bits per heavy atom. The molecule has 0 atom stereocenters. The first-order valence-corrected chi connectivity index (χ1v) is 9.93. The molecule has 0 aliphatic rings. The summed E-state index contributed by atoms with van der Waals surface area (Å²) in [5.74, 6) is 0.909. The molecule has 0 N–H and O–H groups in total. The van der Waals surface area contributed by atoms with Crippen LogP contribution in [0, 0.1) is 5.82 Å². The number of carbonyl (C=O) groups excluding carboxylic acids is 1. The number of aromatic nitrogens is 1. The molecule has 1 aromatic heterocycles. The number of hydrogen-bond donors (Lipinski definition) is 0. The van der Waals surface area contributed by atoms with Crippen LogP contribution in [0.1, 0.15) is 21.5 Å². The molecule has 5 heteroatoms. The van der Waals surface area contributed by atoms with Gasteiger partial charge in [0.25, 0.3) is 5.91 Å². The maximum Gasteiger partial charge on any atom is 0.259 e. The van der Waals surface area contributed by atoms with Crippen molar-refractivity contribution < 1.29 is 13.9 Å². The average Bonchev–Trinajstić information content (AvgIpc) is 2.83. The molecule has 0 radical (unpaired) electrons. The van der Waals surface area contributed by atoms with Crippen LogP contribution in [0.25, 0.3) is 0 Å². The van der Waals surface area contributed by atoms with Crippen molar-refractivity contribution in [3.8, 4) is 5.75 Å². The van der Waals surface area contributed by atoms with Crippen LogP contribution >= 0.6 is 0 Å². The first-order valence-electron chi connectivity index (χ1n) is 9.93. The van der Waals surface area contributed by atoms with Gasteiger partial charge in [-0.25, -0.2) is 9.37 Å². The summed E-state index contributed by atoms with van der Waals surface area (Å²) in [6.07, 6.45) is 1.67. The lowest BCUT2D eigenvalue weighted by Gasteiger charge is -2.22. The molecule has 4 rings (SSSR count). The van der Waals surface area contributed by atoms with Crippen molar-refractivity contribution in [3.05, 3.63) is 126 Å². The minimum atomic E-state index is -0.268. The Morgan fingerprint density at radius 2 is 1.48 bits per heavy atom. The van der Waals surface area contributed by atoms with Crippen LogP contribution in [0.4, 0.5) is 10.2 Å². The number of pyridine rings is 1. The molecule has 31 heavy (non-hydrogen) atoms. The number of carbonyl (C=O) groups is 1. The minimum Gasteiger partial charge on any atom is -0.489 e. The number of anilines is 1. The highest BCUT2D eigenvalue weighted by Crippen LogP contribution is 2.20. The van der Waals surface area contributed by atoms with Crippen LogP contribution < -0.4 is 9.64 Å². The standard InChI is InChI=1S/C26H21FN2O2/c27-23-13-9-21(10-14-23)19-31-24-15-11-20(12-16-24)18-29(25-8-4-5-17-28-25)26(30)22-6-2-1-3-7-22/h1-17H,18-19H2. The summed E-state index contributed by atoms with van der Waals surface area (Å²) in [6, 6.07) is 28.5. The number of benzene rings is 3. The van der Waals surface area contributed by atoms with Gasteiger partial charge in [0, 0.05) is 11.8 Å². The fraction of sp³-hybridized carbons (Fsp3) is 0.0769. The van der Waals surface area contributed by atoms with Gasteiger partial charge in [-0.3, -0.25) is 9.69 Å². The highest BCUT2D eigenvalue weighted by Gasteiger charge is 2.19. The summed E-state index contributed by atoms with van der Waals surface area (Å²) < 4.78 is 18.8. The SMILES string of the molecule is O=C(c1ccccc1)N(Cc1ccc(OCc2ccc(F)cc2)cc1)c1ccccn1. The number of halogens is 1. The molecule has 0 aliphatic carbocycles. The Labute approximate surface area is 180 Å². The summed E-state index contributed by atoms with van der Waals surface area (Å²) in [5, 5.41) is 0. The van der Waals surface area contributed by atoms with Crippen LogP contribution in [-0.4, -0.2) is 10.9 Å². The topological polar surface area (TPSA) is 42.4 Å². The van der Waals surface area contributed by atoms with E-state index in [0.29, 0.717) is 30.3 Å². The molecule has 0 saturated heterocycles. The number of ether oxygens (including phenoxy) is 1. The first-order chi connectivity index (χ1) is 15.2. The second-order valence-electron chi connectivity index (χ2n) is 7.00. The van der Waals surface area contributed by atoms with Crippen molar-refractivity contribution in [1.82, 2.24) is 4.98 Å². The van der Waals surface area contributed by atoms with E-state index in [1.807, 2.05) is 60.7 Å². The van der Waals surface area contributed by atoms with Crippen molar-refractivity contribution in [2.45, 2.75) is 13.2 Å². The van der Waals surface area contributed by atoms with Crippen LogP contribution in [0.15, 0.2) is 103 Å². The summed E-state index contributed by atoms with van der Waals surface area (Å²) in [6.45, 7) is 0.731. The molecule has 0 bridgehead atoms. The van der Waals surface area contributed by atoms with E-state index in [9.17, 15) is 9.18 Å². The van der Waals surface area contributed by atoms with Gasteiger partial charge in [-0.2, -0.15) is 0 Å². The molecule has 0 unspecified atom stereocenters. The molecule has 1 heterocycles. The average molecular weight is 412 g/mol. The Balaban J connectivity index is 1.48. The zero-order valence-electron chi connectivity index (χ0n) is 16.8. The quantitative estimate of drug-likeness (QED) is 0.394. The molecule has 0 aliphatic heterocycles. The highest BCUT2D eigenvalue weighted by atomic mass is 19.1. The van der Waals surface area contributed by atoms with Crippen LogP contribution in [-0.2, 0) is 13.2 Å². The van der Waals surface area contributed by atoms with E-state index in [1.54, 1.807) is 35.4 Å². The van der Waals surface area contributed by atoms with Gasteiger partial charge >= 0.3 is 0 Å². The molecule has 0 fully saturated rings. The third-order valence-corrected chi connectivity index (χ3v) is 4.77. The highest BCUT2D eigenvalue weighted by molar-refractivity contribution is 6.05. The predicted octanol–water partition coefficient (Wildman–Crippen LogP) is 5.65. The zero-order chi connectivity index (χ0) is 21.5. The number of amides is 1. The van der Waals surface area contributed by atoms with E-state index < -0.39 is 0 Å². The fourth-order valence-corrected chi connectivity index (χ4v) is 3.13. The summed E-state index contributed by atoms with van der Waals surface area (Å²) >= 11 is 0. The van der Waals surface area contributed by atoms with Crippen molar-refractivity contribution in [2.24, 2.45) is 0 Å². The third kappa shape index (κ3) is 5.34. The zero-order valence-corrected chi connectivity index (χ0v) is 16.8. The molecule has 0 spiro atoms. The molecular weight excluding hydrogens is 391 g/mol. The lowest BCUT2D eigenvalue weighted by Crippen LogP contribution is -2.31. The van der Waals surface area contributed by atoms with Crippen LogP contribution in [0.5, 0.6) is 5.75 Å². The maximum absolute atomic E-state index is 13.1. The molecule has 1 amide bonds. The number of rotatable bonds is 7. The molecule has 4 aromatic rings. The second-order valence-corrected chi connectivity index (χ2v) is 7.00. The van der Waals surface area contributed by atoms with Crippen molar-refractivity contribution in [2.75, 3.05) is 4.90 Å². The molecule has 3 aromatic carbocycles. The van der Waals surface area contributed by atoms with E-state index in [0.717, 1.165) is 11.1 Å². The fourth-order valence-electron chi connectivity index (χ4n) is 3.13. The Hall–Kier alpha value is -3.99. The van der Waals surface area contributed by atoms with Gasteiger partial charge in [0.15, 0.2) is 0 Å². The minimum absolute atomic E-state index is 0.115. The van der Waals surface area contributed by atoms with Crippen LogP contribution in [0.2, 0.25) is 0 Å². The maximum atomic E-state index is 13.1. The largest absolute Gasteiger partial charge is 0.489 e. The Morgan fingerprint density at radius 3 is 2.16 bits per heavy atom. The Kier molecular flexibility index (Phi) is 6.33. The normalized spacial score (nSPS) is 10.5. The molecule has 154 valence electrons. The van der Waals surface area contributed by atoms with E-state index in [2.05, 4.69) is 4.98 Å². The Bertz CT molecular complexity index is 1120. The summed E-state index contributed by atoms with van der Waals surface area (Å²) in [5.41, 5.74) is 2.44. The van der Waals surface area contributed by atoms with Gasteiger partial charge in [-0.15, -0.1) is 0 Å². The van der Waals surface area contributed by atoms with Gasteiger partial charge in [-0.1, -0.05) is 48.5 Å². The number of hydrogen-bond acceptors (Lipinski definition) is 3. The predicted molar refractivity (Wildman–Crippen MR) is 118 cm³/mol. The number of nitrogens with zero attached hydrogens (tertiary/aromatic N) is 2. The van der Waals surface area contributed by atoms with Gasteiger partial charge in [0.05, 0.1) is 6.54 Å². The van der Waals surface area contributed by atoms with Crippen molar-refractivity contribution in [3.63, 3.8) is 0 Å². The smallest absolute Gasteiger partial charge is 0.259 e. The van der Waals surface area contributed by atoms with Gasteiger partial charge < -0.3 is 4.74 Å². The second kappa shape index (κ2) is 9.67. The third-order valence-electron chi connectivity index (χ3n) is 4.77. The summed E-state index contributed by atoms with van der Waals surface area (Å²) in [4.78, 5) is 19.2. The molecule has 4 nitrogen and oxygen atoms in total. The van der Waals surface area contributed by atoms with E-state index >= 15 is 0 Å². The monoisotopic (exact) mass is 412 g/mol. The lowest BCUT2D eigenvalue weighted by molar-refractivity contribution is 0.0984. The van der Waals surface area contributed by atoms with Crippen LogP contribution in [0.3, 0.4) is 0 Å². The molecular formula is C26H21FN2O2. The van der Waals surface area contributed by atoms with E-state index in [1.165, 1.54) is 12.1 Å². The summed E-state index contributed by atoms with van der Waals surface area (Å²) in [7, 11) is 0. The van der Waals surface area contributed by atoms with Crippen molar-refractivity contribution >= 4 is 11.7 Å². The lowest BCUT2D eigenvalue weighted by atomic mass is 10.1. The van der Waals surface area contributed by atoms with Gasteiger partial charge in [-0.05, 0) is 59.7 Å². The van der Waals surface area contributed by atoms with Crippen molar-refractivity contribution in [1.29, 1.82) is 0 Å². The molecule has 0 saturated carbocycles. The van der Waals surface area contributed by atoms with E-state index in [4.69, 9.17) is 4.74 Å².